The summed E-state index contributed by atoms with van der Waals surface area (Å²) in [5.74, 6) is -0.202. The molecule has 1 aromatic heterocycles. The van der Waals surface area contributed by atoms with E-state index in [1.54, 1.807) is 17.7 Å². The summed E-state index contributed by atoms with van der Waals surface area (Å²) in [5, 5.41) is 4.63. The second-order valence-corrected chi connectivity index (χ2v) is 2.85. The molecule has 0 N–H and O–H groups in total. The lowest BCUT2D eigenvalue weighted by Gasteiger charge is -1.97. The Labute approximate surface area is 69.6 Å². The first-order valence-corrected chi connectivity index (χ1v) is 3.69. The summed E-state index contributed by atoms with van der Waals surface area (Å²) < 4.78 is 14.7. The van der Waals surface area contributed by atoms with Crippen molar-refractivity contribution in [3.05, 3.63) is 29.7 Å². The van der Waals surface area contributed by atoms with E-state index < -0.39 is 0 Å². The zero-order chi connectivity index (χ0) is 8.72. The van der Waals surface area contributed by atoms with Crippen LogP contribution in [0.3, 0.4) is 0 Å². The largest absolute Gasteiger partial charge is 0.267 e. The van der Waals surface area contributed by atoms with Gasteiger partial charge < -0.3 is 0 Å². The summed E-state index contributed by atoms with van der Waals surface area (Å²) in [5.41, 5.74) is 1.55. The number of hydrogen-bond acceptors (Lipinski definition) is 1. The normalized spacial score (nSPS) is 10.9. The molecule has 12 heavy (non-hydrogen) atoms. The third kappa shape index (κ3) is 0.897. The van der Waals surface area contributed by atoms with E-state index in [1.165, 1.54) is 6.07 Å². The molecule has 0 aliphatic rings. The van der Waals surface area contributed by atoms with Gasteiger partial charge in [-0.25, -0.2) is 4.39 Å². The van der Waals surface area contributed by atoms with Crippen molar-refractivity contribution in [1.82, 2.24) is 9.78 Å². The molecule has 2 rings (SSSR count). The van der Waals surface area contributed by atoms with Gasteiger partial charge in [0.25, 0.3) is 0 Å². The van der Waals surface area contributed by atoms with Crippen molar-refractivity contribution in [3.8, 4) is 0 Å². The standard InChI is InChI=1S/C9H8FN2/c1-6-3-9-7(4-8(6)10)5-11-12(9)2/h3-4H,1-2H3. The van der Waals surface area contributed by atoms with Crippen molar-refractivity contribution >= 4 is 10.9 Å². The van der Waals surface area contributed by atoms with Crippen LogP contribution < -0.4 is 0 Å². The summed E-state index contributed by atoms with van der Waals surface area (Å²) in [7, 11) is 1.82. The molecular weight excluding hydrogens is 155 g/mol. The van der Waals surface area contributed by atoms with E-state index in [2.05, 4.69) is 11.3 Å². The second-order valence-electron chi connectivity index (χ2n) is 2.85. The Kier molecular flexibility index (Phi) is 1.40. The van der Waals surface area contributed by atoms with E-state index >= 15 is 0 Å². The SMILES string of the molecule is Cc1cc2c([c]nn2C)cc1F. The lowest BCUT2D eigenvalue weighted by molar-refractivity contribution is 0.620. The minimum absolute atomic E-state index is 0.202. The smallest absolute Gasteiger partial charge is 0.126 e. The highest BCUT2D eigenvalue weighted by molar-refractivity contribution is 5.78. The molecule has 0 spiro atoms. The van der Waals surface area contributed by atoms with E-state index in [1.807, 2.05) is 7.05 Å². The number of hydrogen-bond donors (Lipinski definition) is 0. The summed E-state index contributed by atoms with van der Waals surface area (Å²) >= 11 is 0. The van der Waals surface area contributed by atoms with E-state index in [4.69, 9.17) is 0 Å². The second kappa shape index (κ2) is 2.30. The Morgan fingerprint density at radius 1 is 1.50 bits per heavy atom. The summed E-state index contributed by atoms with van der Waals surface area (Å²) in [6.45, 7) is 1.74. The van der Waals surface area contributed by atoms with Gasteiger partial charge in [0.15, 0.2) is 0 Å². The van der Waals surface area contributed by atoms with Crippen LogP contribution in [-0.2, 0) is 7.05 Å². The van der Waals surface area contributed by atoms with Crippen LogP contribution in [0.4, 0.5) is 4.39 Å². The molecular formula is C9H8FN2. The summed E-state index contributed by atoms with van der Waals surface area (Å²) in [6.07, 6.45) is 2.73. The maximum atomic E-state index is 13.0. The number of benzene rings is 1. The van der Waals surface area contributed by atoms with Crippen LogP contribution in [0.1, 0.15) is 5.56 Å². The van der Waals surface area contributed by atoms with Gasteiger partial charge in [-0.1, -0.05) is 0 Å². The van der Waals surface area contributed by atoms with Gasteiger partial charge in [-0.2, -0.15) is 5.10 Å². The molecule has 61 valence electrons. The molecule has 0 fully saturated rings. The molecule has 1 radical (unpaired) electrons. The predicted octanol–water partition coefficient (Wildman–Crippen LogP) is 1.82. The van der Waals surface area contributed by atoms with Crippen LogP contribution in [-0.4, -0.2) is 9.78 Å². The Hall–Kier alpha value is -1.38. The fourth-order valence-corrected chi connectivity index (χ4v) is 1.21. The molecule has 2 nitrogen and oxygen atoms in total. The van der Waals surface area contributed by atoms with Gasteiger partial charge in [0.1, 0.15) is 12.0 Å². The average Bonchev–Trinajstić information content (AvgIpc) is 2.35. The Balaban J connectivity index is 2.87. The van der Waals surface area contributed by atoms with E-state index in [9.17, 15) is 4.39 Å². The molecule has 0 saturated carbocycles. The maximum Gasteiger partial charge on any atom is 0.126 e. The van der Waals surface area contributed by atoms with Crippen LogP contribution in [0.5, 0.6) is 0 Å². The molecule has 0 unspecified atom stereocenters. The van der Waals surface area contributed by atoms with Crippen molar-refractivity contribution < 1.29 is 4.39 Å². The fraction of sp³-hybridized carbons (Fsp3) is 0.222. The van der Waals surface area contributed by atoms with Crippen LogP contribution in [0.15, 0.2) is 12.1 Å². The van der Waals surface area contributed by atoms with Crippen LogP contribution in [0.2, 0.25) is 0 Å². The molecule has 3 heteroatoms. The highest BCUT2D eigenvalue weighted by atomic mass is 19.1. The van der Waals surface area contributed by atoms with Gasteiger partial charge >= 0.3 is 0 Å². The Morgan fingerprint density at radius 2 is 2.25 bits per heavy atom. The monoisotopic (exact) mass is 163 g/mol. The van der Waals surface area contributed by atoms with Gasteiger partial charge in [0.2, 0.25) is 0 Å². The number of fused-ring (bicyclic) bond motifs is 1. The average molecular weight is 163 g/mol. The highest BCUT2D eigenvalue weighted by Crippen LogP contribution is 2.16. The number of aromatic nitrogens is 2. The Morgan fingerprint density at radius 3 is 3.00 bits per heavy atom. The zero-order valence-corrected chi connectivity index (χ0v) is 6.93. The predicted molar refractivity (Wildman–Crippen MR) is 44.2 cm³/mol. The molecule has 0 aliphatic carbocycles. The number of halogens is 1. The van der Waals surface area contributed by atoms with Crippen LogP contribution in [0.25, 0.3) is 10.9 Å². The van der Waals surface area contributed by atoms with E-state index in [-0.39, 0.29) is 5.82 Å². The number of nitrogens with zero attached hydrogens (tertiary/aromatic N) is 2. The lowest BCUT2D eigenvalue weighted by atomic mass is 10.2. The van der Waals surface area contributed by atoms with Gasteiger partial charge in [-0.3, -0.25) is 4.68 Å². The minimum Gasteiger partial charge on any atom is -0.267 e. The quantitative estimate of drug-likeness (QED) is 0.579. The van der Waals surface area contributed by atoms with Crippen molar-refractivity contribution in [2.24, 2.45) is 7.05 Å². The molecule has 0 aliphatic heterocycles. The fourth-order valence-electron chi connectivity index (χ4n) is 1.21. The molecule has 0 bridgehead atoms. The first-order chi connectivity index (χ1) is 5.68. The van der Waals surface area contributed by atoms with Crippen molar-refractivity contribution in [1.29, 1.82) is 0 Å². The van der Waals surface area contributed by atoms with Crippen molar-refractivity contribution in [2.45, 2.75) is 6.92 Å². The van der Waals surface area contributed by atoms with Gasteiger partial charge in [0.05, 0.1) is 5.52 Å². The number of aryl methyl sites for hydroxylation is 2. The molecule has 0 atom stereocenters. The summed E-state index contributed by atoms with van der Waals surface area (Å²) in [6, 6.07) is 3.23. The van der Waals surface area contributed by atoms with E-state index in [0.717, 1.165) is 10.9 Å². The third-order valence-corrected chi connectivity index (χ3v) is 1.95. The van der Waals surface area contributed by atoms with E-state index in [0.29, 0.717) is 5.56 Å². The van der Waals surface area contributed by atoms with Crippen LogP contribution >= 0.6 is 0 Å². The number of rotatable bonds is 0. The molecule has 1 aromatic carbocycles. The minimum atomic E-state index is -0.202. The highest BCUT2D eigenvalue weighted by Gasteiger charge is 2.03. The molecule has 1 heterocycles. The Bertz CT molecular complexity index is 431. The molecule has 0 saturated heterocycles. The zero-order valence-electron chi connectivity index (χ0n) is 6.93. The topological polar surface area (TPSA) is 17.8 Å². The molecule has 2 aromatic rings. The van der Waals surface area contributed by atoms with Gasteiger partial charge in [-0.05, 0) is 24.6 Å². The van der Waals surface area contributed by atoms with Crippen molar-refractivity contribution in [3.63, 3.8) is 0 Å². The first-order valence-electron chi connectivity index (χ1n) is 3.69. The summed E-state index contributed by atoms with van der Waals surface area (Å²) in [4.78, 5) is 0. The van der Waals surface area contributed by atoms with Crippen LogP contribution in [0, 0.1) is 18.9 Å². The lowest BCUT2D eigenvalue weighted by Crippen LogP contribution is -1.90. The maximum absolute atomic E-state index is 13.0. The third-order valence-electron chi connectivity index (χ3n) is 1.95. The van der Waals surface area contributed by atoms with Gasteiger partial charge in [0, 0.05) is 12.4 Å². The molecule has 0 amide bonds. The van der Waals surface area contributed by atoms with Crippen molar-refractivity contribution in [2.75, 3.05) is 0 Å². The first kappa shape index (κ1) is 7.28. The van der Waals surface area contributed by atoms with Gasteiger partial charge in [-0.15, -0.1) is 0 Å².